The molecule has 0 unspecified atom stereocenters. The van der Waals surface area contributed by atoms with Gasteiger partial charge in [0.1, 0.15) is 5.82 Å². The first-order valence-electron chi connectivity index (χ1n) is 6.37. The molecule has 0 amide bonds. The summed E-state index contributed by atoms with van der Waals surface area (Å²) in [6.07, 6.45) is 0.567. The van der Waals surface area contributed by atoms with E-state index in [0.717, 1.165) is 12.1 Å². The van der Waals surface area contributed by atoms with Crippen molar-refractivity contribution < 1.29 is 17.5 Å². The quantitative estimate of drug-likeness (QED) is 0.622. The Morgan fingerprint density at radius 3 is 2.76 bits per heavy atom. The lowest BCUT2D eigenvalue weighted by Gasteiger charge is -2.18. The monoisotopic (exact) mass is 314 g/mol. The van der Waals surface area contributed by atoms with Crippen LogP contribution in [0.1, 0.15) is 12.0 Å². The maximum Gasteiger partial charge on any atom is 0.244 e. The summed E-state index contributed by atoms with van der Waals surface area (Å²) in [5.41, 5.74) is 5.38. The van der Waals surface area contributed by atoms with Gasteiger partial charge in [0, 0.05) is 32.9 Å². The third kappa shape index (κ3) is 4.79. The van der Waals surface area contributed by atoms with Crippen molar-refractivity contribution in [2.75, 3.05) is 33.9 Å². The molecule has 0 aromatic heterocycles. The number of ether oxygens (including phenoxy) is 1. The number of halogens is 1. The molecule has 5 nitrogen and oxygen atoms in total. The second-order valence-electron chi connectivity index (χ2n) is 4.32. The molecule has 7 heteroatoms. The zero-order valence-corrected chi connectivity index (χ0v) is 12.9. The van der Waals surface area contributed by atoms with E-state index in [-0.39, 0.29) is 17.0 Å². The molecule has 116 valence electrons. The fraction of sp³-hybridized carbons (Fsp3) is 0.429. The number of hydrogen-bond donors (Lipinski definition) is 1. The molecule has 0 atom stereocenters. The van der Waals surface area contributed by atoms with Crippen LogP contribution in [0.15, 0.2) is 23.1 Å². The maximum atomic E-state index is 13.3. The van der Waals surface area contributed by atoms with Crippen LogP contribution >= 0.6 is 0 Å². The molecule has 0 saturated carbocycles. The fourth-order valence-electron chi connectivity index (χ4n) is 1.69. The van der Waals surface area contributed by atoms with E-state index in [0.29, 0.717) is 19.6 Å². The molecule has 1 aromatic carbocycles. The maximum absolute atomic E-state index is 13.3. The molecule has 0 spiro atoms. The average Bonchev–Trinajstić information content (AvgIpc) is 2.45. The first-order chi connectivity index (χ1) is 9.93. The van der Waals surface area contributed by atoms with Crippen LogP contribution in [0.5, 0.6) is 0 Å². The Morgan fingerprint density at radius 2 is 2.14 bits per heavy atom. The van der Waals surface area contributed by atoms with Crippen molar-refractivity contribution in [3.63, 3.8) is 0 Å². The highest BCUT2D eigenvalue weighted by Gasteiger charge is 2.23. The molecule has 0 aliphatic rings. The van der Waals surface area contributed by atoms with Gasteiger partial charge >= 0.3 is 0 Å². The lowest BCUT2D eigenvalue weighted by Crippen LogP contribution is -2.29. The van der Waals surface area contributed by atoms with Crippen molar-refractivity contribution in [3.05, 3.63) is 29.6 Å². The highest BCUT2D eigenvalue weighted by atomic mass is 32.2. The summed E-state index contributed by atoms with van der Waals surface area (Å²) >= 11 is 0. The van der Waals surface area contributed by atoms with Crippen LogP contribution in [0.2, 0.25) is 0 Å². The molecule has 0 aliphatic heterocycles. The Balaban J connectivity index is 3.12. The largest absolute Gasteiger partial charge is 0.385 e. The first kappa shape index (κ1) is 17.6. The number of benzene rings is 1. The molecule has 0 fully saturated rings. The lowest BCUT2D eigenvalue weighted by atomic mass is 10.2. The van der Waals surface area contributed by atoms with Crippen molar-refractivity contribution in [1.82, 2.24) is 4.31 Å². The molecule has 1 aromatic rings. The lowest BCUT2D eigenvalue weighted by molar-refractivity contribution is 0.189. The van der Waals surface area contributed by atoms with Crippen LogP contribution in [-0.4, -0.2) is 46.6 Å². The van der Waals surface area contributed by atoms with Crippen molar-refractivity contribution >= 4 is 10.0 Å². The summed E-state index contributed by atoms with van der Waals surface area (Å²) in [7, 11) is -0.712. The van der Waals surface area contributed by atoms with E-state index in [1.807, 2.05) is 0 Å². The van der Waals surface area contributed by atoms with Crippen LogP contribution < -0.4 is 5.73 Å². The third-order valence-corrected chi connectivity index (χ3v) is 4.69. The average molecular weight is 314 g/mol. The van der Waals surface area contributed by atoms with E-state index in [1.54, 1.807) is 7.11 Å². The van der Waals surface area contributed by atoms with Crippen molar-refractivity contribution in [1.29, 1.82) is 0 Å². The van der Waals surface area contributed by atoms with Gasteiger partial charge in [-0.25, -0.2) is 17.1 Å². The van der Waals surface area contributed by atoms with E-state index >= 15 is 0 Å². The van der Waals surface area contributed by atoms with Crippen molar-refractivity contribution in [2.24, 2.45) is 5.73 Å². The van der Waals surface area contributed by atoms with Crippen LogP contribution in [0.3, 0.4) is 0 Å². The van der Waals surface area contributed by atoms with E-state index in [1.165, 1.54) is 17.4 Å². The van der Waals surface area contributed by atoms with Crippen LogP contribution in [0, 0.1) is 17.7 Å². The van der Waals surface area contributed by atoms with E-state index < -0.39 is 15.8 Å². The molecule has 21 heavy (non-hydrogen) atoms. The van der Waals surface area contributed by atoms with Crippen LogP contribution in [-0.2, 0) is 14.8 Å². The SMILES string of the molecule is COCCCN(C)S(=O)(=O)c1ccc(F)cc1C#CCN. The molecule has 1 rings (SSSR count). The third-order valence-electron chi connectivity index (χ3n) is 2.78. The number of nitrogens with zero attached hydrogens (tertiary/aromatic N) is 1. The van der Waals surface area contributed by atoms with Gasteiger partial charge in [-0.05, 0) is 24.6 Å². The van der Waals surface area contributed by atoms with Gasteiger partial charge in [0.25, 0.3) is 0 Å². The zero-order valence-electron chi connectivity index (χ0n) is 12.1. The minimum absolute atomic E-state index is 0.0234. The molecular weight excluding hydrogens is 295 g/mol. The predicted molar refractivity (Wildman–Crippen MR) is 78.6 cm³/mol. The zero-order chi connectivity index (χ0) is 15.9. The summed E-state index contributed by atoms with van der Waals surface area (Å²) in [6, 6.07) is 3.42. The molecule has 0 heterocycles. The second-order valence-corrected chi connectivity index (χ2v) is 6.33. The van der Waals surface area contributed by atoms with Gasteiger partial charge in [-0.2, -0.15) is 0 Å². The van der Waals surface area contributed by atoms with Crippen LogP contribution in [0.25, 0.3) is 0 Å². The van der Waals surface area contributed by atoms with Gasteiger partial charge in [-0.15, -0.1) is 0 Å². The Kier molecular flexibility index (Phi) is 6.78. The summed E-state index contributed by atoms with van der Waals surface area (Å²) in [6.45, 7) is 0.833. The van der Waals surface area contributed by atoms with Crippen molar-refractivity contribution in [3.8, 4) is 11.8 Å². The van der Waals surface area contributed by atoms with Gasteiger partial charge < -0.3 is 10.5 Å². The molecule has 0 aliphatic carbocycles. The molecule has 0 radical (unpaired) electrons. The Hall–Kier alpha value is -1.46. The topological polar surface area (TPSA) is 72.6 Å². The highest BCUT2D eigenvalue weighted by Crippen LogP contribution is 2.20. The Bertz CT molecular complexity index is 635. The summed E-state index contributed by atoms with van der Waals surface area (Å²) < 4.78 is 44.4. The predicted octanol–water partition coefficient (Wildman–Crippen LogP) is 0.793. The normalized spacial score (nSPS) is 11.3. The van der Waals surface area contributed by atoms with E-state index in [9.17, 15) is 12.8 Å². The van der Waals surface area contributed by atoms with Gasteiger partial charge in [-0.3, -0.25) is 0 Å². The smallest absolute Gasteiger partial charge is 0.244 e. The Morgan fingerprint density at radius 1 is 1.43 bits per heavy atom. The van der Waals surface area contributed by atoms with Crippen LogP contribution in [0.4, 0.5) is 4.39 Å². The highest BCUT2D eigenvalue weighted by molar-refractivity contribution is 7.89. The number of rotatable bonds is 6. The minimum atomic E-state index is -3.73. The van der Waals surface area contributed by atoms with Crippen molar-refractivity contribution in [2.45, 2.75) is 11.3 Å². The molecule has 0 saturated heterocycles. The number of sulfonamides is 1. The molecule has 2 N–H and O–H groups in total. The minimum Gasteiger partial charge on any atom is -0.385 e. The summed E-state index contributed by atoms with van der Waals surface area (Å²) in [5.74, 6) is 4.60. The number of methoxy groups -OCH3 is 1. The molecular formula is C14H19FN2O3S. The van der Waals surface area contributed by atoms with Gasteiger partial charge in [0.15, 0.2) is 0 Å². The summed E-state index contributed by atoms with van der Waals surface area (Å²) in [4.78, 5) is -0.0234. The standard InChI is InChI=1S/C14H19FN2O3S/c1-17(9-4-10-20-2)21(18,19)14-7-6-13(15)11-12(14)5-3-8-16/h6-7,11H,4,8-10,16H2,1-2H3. The second kappa shape index (κ2) is 8.10. The Labute approximate surface area is 124 Å². The number of hydrogen-bond acceptors (Lipinski definition) is 4. The van der Waals surface area contributed by atoms with Gasteiger partial charge in [0.2, 0.25) is 10.0 Å². The summed E-state index contributed by atoms with van der Waals surface area (Å²) in [5, 5.41) is 0. The van der Waals surface area contributed by atoms with Gasteiger partial charge in [0.05, 0.1) is 11.4 Å². The number of nitrogens with two attached hydrogens (primary N) is 1. The first-order valence-corrected chi connectivity index (χ1v) is 7.81. The molecule has 0 bridgehead atoms. The van der Waals surface area contributed by atoms with E-state index in [2.05, 4.69) is 11.8 Å². The van der Waals surface area contributed by atoms with E-state index in [4.69, 9.17) is 10.5 Å². The fourth-order valence-corrected chi connectivity index (χ4v) is 3.02. The van der Waals surface area contributed by atoms with Gasteiger partial charge in [-0.1, -0.05) is 11.8 Å².